The van der Waals surface area contributed by atoms with Gasteiger partial charge < -0.3 is 24.0 Å². The van der Waals surface area contributed by atoms with Gasteiger partial charge in [-0.15, -0.1) is 0 Å². The summed E-state index contributed by atoms with van der Waals surface area (Å²) in [4.78, 5) is 40.2. The van der Waals surface area contributed by atoms with E-state index in [1.165, 1.54) is 0 Å². The summed E-state index contributed by atoms with van der Waals surface area (Å²) in [6.07, 6.45) is 2.21. The molecule has 2 aromatic carbocycles. The van der Waals surface area contributed by atoms with Crippen molar-refractivity contribution in [2.75, 3.05) is 38.8 Å². The summed E-state index contributed by atoms with van der Waals surface area (Å²) in [7, 11) is 3.18. The van der Waals surface area contributed by atoms with Crippen LogP contribution < -0.4 is 14.4 Å². The first kappa shape index (κ1) is 22.6. The molecule has 2 heterocycles. The summed E-state index contributed by atoms with van der Waals surface area (Å²) < 4.78 is 15.9. The molecule has 4 rings (SSSR count). The fraction of sp³-hybridized carbons (Fsp3) is 0.400. The Balaban J connectivity index is 1.28. The van der Waals surface area contributed by atoms with E-state index in [0.29, 0.717) is 37.4 Å². The summed E-state index contributed by atoms with van der Waals surface area (Å²) in [5.74, 6) is 0.726. The second-order valence-electron chi connectivity index (χ2n) is 8.19. The number of esters is 1. The molecule has 1 saturated heterocycles. The summed E-state index contributed by atoms with van der Waals surface area (Å²) in [5.41, 5.74) is 3.73. The summed E-state index contributed by atoms with van der Waals surface area (Å²) in [6.45, 7) is 1.42. The molecule has 0 saturated carbocycles. The summed E-state index contributed by atoms with van der Waals surface area (Å²) in [6, 6.07) is 11.1. The Morgan fingerprint density at radius 1 is 0.939 bits per heavy atom. The van der Waals surface area contributed by atoms with E-state index in [2.05, 4.69) is 0 Å². The number of hydrogen-bond acceptors (Lipinski definition) is 6. The minimum absolute atomic E-state index is 0.0708. The van der Waals surface area contributed by atoms with Gasteiger partial charge in [0.2, 0.25) is 5.91 Å². The van der Waals surface area contributed by atoms with E-state index in [-0.39, 0.29) is 24.8 Å². The van der Waals surface area contributed by atoms with E-state index >= 15 is 0 Å². The van der Waals surface area contributed by atoms with Crippen LogP contribution in [0.2, 0.25) is 0 Å². The molecule has 0 bridgehead atoms. The molecule has 2 aromatic rings. The Hall–Kier alpha value is -3.55. The van der Waals surface area contributed by atoms with Gasteiger partial charge in [0, 0.05) is 31.7 Å². The zero-order valence-electron chi connectivity index (χ0n) is 19.0. The third-order valence-electron chi connectivity index (χ3n) is 6.10. The van der Waals surface area contributed by atoms with Gasteiger partial charge in [-0.25, -0.2) is 0 Å². The van der Waals surface area contributed by atoms with E-state index in [1.807, 2.05) is 36.4 Å². The highest BCUT2D eigenvalue weighted by molar-refractivity contribution is 5.95. The van der Waals surface area contributed by atoms with Gasteiger partial charge in [-0.1, -0.05) is 12.1 Å². The van der Waals surface area contributed by atoms with Crippen LogP contribution in [0.15, 0.2) is 36.4 Å². The van der Waals surface area contributed by atoms with Gasteiger partial charge in [0.1, 0.15) is 0 Å². The van der Waals surface area contributed by atoms with E-state index in [9.17, 15) is 14.4 Å². The molecule has 0 unspecified atom stereocenters. The zero-order valence-corrected chi connectivity index (χ0v) is 19.0. The molecule has 0 radical (unpaired) electrons. The fourth-order valence-electron chi connectivity index (χ4n) is 4.26. The number of benzene rings is 2. The maximum atomic E-state index is 12.6. The number of carbonyl (C=O) groups is 3. The van der Waals surface area contributed by atoms with Crippen LogP contribution in [0.5, 0.6) is 11.5 Å². The van der Waals surface area contributed by atoms with Gasteiger partial charge >= 0.3 is 5.97 Å². The highest BCUT2D eigenvalue weighted by Gasteiger charge is 2.24. The predicted octanol–water partition coefficient (Wildman–Crippen LogP) is 2.50. The molecule has 33 heavy (non-hydrogen) atoms. The third-order valence-corrected chi connectivity index (χ3v) is 6.10. The van der Waals surface area contributed by atoms with Crippen molar-refractivity contribution < 1.29 is 28.6 Å². The van der Waals surface area contributed by atoms with Crippen molar-refractivity contribution in [1.82, 2.24) is 4.90 Å². The molecule has 2 amide bonds. The molecule has 2 aliphatic rings. The number of ether oxygens (including phenoxy) is 3. The first-order valence-corrected chi connectivity index (χ1v) is 11.0. The van der Waals surface area contributed by atoms with Crippen LogP contribution in [0.4, 0.5) is 5.69 Å². The fourth-order valence-corrected chi connectivity index (χ4v) is 4.26. The molecule has 0 spiro atoms. The van der Waals surface area contributed by atoms with Crippen LogP contribution in [0, 0.1) is 0 Å². The quantitative estimate of drug-likeness (QED) is 0.600. The minimum Gasteiger partial charge on any atom is -0.493 e. The molecule has 8 nitrogen and oxygen atoms in total. The van der Waals surface area contributed by atoms with E-state index < -0.39 is 5.97 Å². The number of rotatable bonds is 7. The van der Waals surface area contributed by atoms with Crippen LogP contribution in [0.3, 0.4) is 0 Å². The maximum absolute atomic E-state index is 12.6. The first-order valence-electron chi connectivity index (χ1n) is 11.0. The molecule has 0 aromatic heterocycles. The van der Waals surface area contributed by atoms with Gasteiger partial charge in [-0.2, -0.15) is 0 Å². The number of hydrogen-bond donors (Lipinski definition) is 0. The lowest BCUT2D eigenvalue weighted by molar-refractivity contribution is -0.151. The summed E-state index contributed by atoms with van der Waals surface area (Å²) >= 11 is 0. The van der Waals surface area contributed by atoms with Crippen LogP contribution in [0.1, 0.15) is 29.5 Å². The van der Waals surface area contributed by atoms with Crippen molar-refractivity contribution in [3.05, 3.63) is 53.1 Å². The van der Waals surface area contributed by atoms with Crippen LogP contribution >= 0.6 is 0 Å². The van der Waals surface area contributed by atoms with Crippen molar-refractivity contribution in [3.63, 3.8) is 0 Å². The minimum atomic E-state index is -0.461. The monoisotopic (exact) mass is 452 g/mol. The normalized spacial score (nSPS) is 15.3. The molecule has 174 valence electrons. The summed E-state index contributed by atoms with van der Waals surface area (Å²) in [5, 5.41) is 0. The average molecular weight is 453 g/mol. The third kappa shape index (κ3) is 5.10. The highest BCUT2D eigenvalue weighted by Crippen LogP contribution is 2.33. The maximum Gasteiger partial charge on any atom is 0.310 e. The van der Waals surface area contributed by atoms with Gasteiger partial charge in [-0.05, 0) is 53.8 Å². The lowest BCUT2D eigenvalue weighted by Gasteiger charge is -2.29. The van der Waals surface area contributed by atoms with Gasteiger partial charge in [-0.3, -0.25) is 14.4 Å². The second kappa shape index (κ2) is 9.94. The SMILES string of the molecule is COc1cc2c(cc1OC)CN(C(=O)COC(=O)Cc1ccc(N3CCCC3=O)cc1)CC2. The Kier molecular flexibility index (Phi) is 6.82. The number of anilines is 1. The number of amides is 2. The first-order chi connectivity index (χ1) is 16.0. The van der Waals surface area contributed by atoms with Crippen molar-refractivity contribution >= 4 is 23.5 Å². The smallest absolute Gasteiger partial charge is 0.310 e. The zero-order chi connectivity index (χ0) is 23.4. The lowest BCUT2D eigenvalue weighted by atomic mass is 9.99. The van der Waals surface area contributed by atoms with Gasteiger partial charge in [0.15, 0.2) is 18.1 Å². The predicted molar refractivity (Wildman–Crippen MR) is 121 cm³/mol. The van der Waals surface area contributed by atoms with Crippen molar-refractivity contribution in [2.45, 2.75) is 32.2 Å². The van der Waals surface area contributed by atoms with Crippen molar-refractivity contribution in [2.24, 2.45) is 0 Å². The molecule has 0 atom stereocenters. The second-order valence-corrected chi connectivity index (χ2v) is 8.19. The van der Waals surface area contributed by atoms with E-state index in [0.717, 1.165) is 35.3 Å². The highest BCUT2D eigenvalue weighted by atomic mass is 16.5. The van der Waals surface area contributed by atoms with Crippen molar-refractivity contribution in [3.8, 4) is 11.5 Å². The Morgan fingerprint density at radius 2 is 1.64 bits per heavy atom. The topological polar surface area (TPSA) is 85.4 Å². The van der Waals surface area contributed by atoms with Gasteiger partial charge in [0.25, 0.3) is 5.91 Å². The molecular formula is C25H28N2O6. The van der Waals surface area contributed by atoms with E-state index in [1.54, 1.807) is 24.0 Å². The Bertz CT molecular complexity index is 1050. The largest absolute Gasteiger partial charge is 0.493 e. The molecular weight excluding hydrogens is 424 g/mol. The van der Waals surface area contributed by atoms with Crippen LogP contribution in [-0.4, -0.2) is 56.6 Å². The standard InChI is InChI=1S/C25H28N2O6/c1-31-21-13-18-9-11-26(15-19(18)14-22(21)32-2)24(29)16-33-25(30)12-17-5-7-20(8-6-17)27-10-3-4-23(27)28/h5-8,13-14H,3-4,9-12,15-16H2,1-2H3. The average Bonchev–Trinajstić information content (AvgIpc) is 3.27. The molecule has 0 aliphatic carbocycles. The van der Waals surface area contributed by atoms with Crippen LogP contribution in [0.25, 0.3) is 0 Å². The molecule has 0 N–H and O–H groups in total. The molecule has 8 heteroatoms. The molecule has 2 aliphatic heterocycles. The number of fused-ring (bicyclic) bond motifs is 1. The number of carbonyl (C=O) groups excluding carboxylic acids is 3. The Morgan fingerprint density at radius 3 is 2.27 bits per heavy atom. The number of nitrogens with zero attached hydrogens (tertiary/aromatic N) is 2. The van der Waals surface area contributed by atoms with Gasteiger partial charge in [0.05, 0.1) is 20.6 Å². The van der Waals surface area contributed by atoms with Crippen molar-refractivity contribution in [1.29, 1.82) is 0 Å². The van der Waals surface area contributed by atoms with Crippen LogP contribution in [-0.2, 0) is 38.5 Å². The van der Waals surface area contributed by atoms with E-state index in [4.69, 9.17) is 14.2 Å². The Labute approximate surface area is 193 Å². The lowest BCUT2D eigenvalue weighted by Crippen LogP contribution is -2.38. The molecule has 1 fully saturated rings. The number of methoxy groups -OCH3 is 2.